The normalized spacial score (nSPS) is 12.9. The van der Waals surface area contributed by atoms with Gasteiger partial charge >= 0.3 is 6.09 Å². The van der Waals surface area contributed by atoms with Crippen molar-refractivity contribution in [3.05, 3.63) is 71.8 Å². The van der Waals surface area contributed by atoms with Gasteiger partial charge in [-0.3, -0.25) is 14.6 Å². The summed E-state index contributed by atoms with van der Waals surface area (Å²) in [5.74, 6) is -0.427. The smallest absolute Gasteiger partial charge is 0.408 e. The van der Waals surface area contributed by atoms with Gasteiger partial charge in [0, 0.05) is 19.1 Å². The summed E-state index contributed by atoms with van der Waals surface area (Å²) in [6, 6.07) is 18.1. The first-order valence-corrected chi connectivity index (χ1v) is 17.9. The molecule has 2 rings (SSSR count). The van der Waals surface area contributed by atoms with Crippen LogP contribution in [0.2, 0.25) is 0 Å². The zero-order valence-corrected chi connectivity index (χ0v) is 30.1. The van der Waals surface area contributed by atoms with E-state index in [9.17, 15) is 14.4 Å². The molecule has 272 valence electrons. The molecule has 11 nitrogen and oxygen atoms in total. The van der Waals surface area contributed by atoms with E-state index in [0.29, 0.717) is 25.9 Å². The van der Waals surface area contributed by atoms with E-state index in [4.69, 9.17) is 16.2 Å². The van der Waals surface area contributed by atoms with Crippen LogP contribution in [0.5, 0.6) is 0 Å². The van der Waals surface area contributed by atoms with Gasteiger partial charge in [-0.2, -0.15) is 0 Å². The molecule has 0 unspecified atom stereocenters. The van der Waals surface area contributed by atoms with Crippen molar-refractivity contribution in [2.75, 3.05) is 19.6 Å². The minimum Gasteiger partial charge on any atom is -0.445 e. The van der Waals surface area contributed by atoms with Gasteiger partial charge in [0.05, 0.1) is 0 Å². The lowest BCUT2D eigenvalue weighted by Crippen LogP contribution is -2.56. The molecule has 3 atom stereocenters. The van der Waals surface area contributed by atoms with Crippen molar-refractivity contribution in [3.8, 4) is 0 Å². The number of carbonyl (C=O) groups excluding carboxylic acids is 3. The van der Waals surface area contributed by atoms with Crippen molar-refractivity contribution in [2.24, 2.45) is 28.3 Å². The monoisotopic (exact) mass is 679 g/mol. The lowest BCUT2D eigenvalue weighted by Gasteiger charge is -2.28. The third-order valence-electron chi connectivity index (χ3n) is 8.27. The van der Waals surface area contributed by atoms with Gasteiger partial charge in [0.2, 0.25) is 11.8 Å². The summed E-state index contributed by atoms with van der Waals surface area (Å²) in [4.78, 5) is 43.8. The van der Waals surface area contributed by atoms with E-state index in [-0.39, 0.29) is 42.8 Å². The highest BCUT2D eigenvalue weighted by Crippen LogP contribution is 2.11. The fraction of sp³-hybridized carbons (Fsp3) is 0.579. The molecule has 0 radical (unpaired) electrons. The van der Waals surface area contributed by atoms with Gasteiger partial charge in [-0.1, -0.05) is 108 Å². The molecular formula is C38H61N7O4. The third-order valence-corrected chi connectivity index (χ3v) is 8.27. The molecule has 3 amide bonds. The predicted octanol–water partition coefficient (Wildman–Crippen LogP) is 4.79. The Morgan fingerprint density at radius 1 is 0.735 bits per heavy atom. The number of nitrogens with one attached hydrogen (secondary N) is 4. The fourth-order valence-corrected chi connectivity index (χ4v) is 5.40. The average molecular weight is 680 g/mol. The average Bonchev–Trinajstić information content (AvgIpc) is 3.07. The Kier molecular flexibility index (Phi) is 20.2. The standard InChI is InChI=1S/C38H61N7O4/c1-28(2)25-33(36(47)44-34(29(3)4)26-41-23-15-7-5-6-10-17-30-18-11-8-12-19-30)43-35(46)32(22-16-24-42-37(39)40)45-38(48)49-27-31-20-13-9-14-21-31/h8-9,11-14,18-21,28-29,32-34,41H,5-7,10,15-17,22-27H2,1-4H3,(H,43,46)(H,44,47)(H,45,48)(H4,39,40,42)/t32-,33-,34+/m0/s1. The Bertz CT molecular complexity index is 1240. The van der Waals surface area contributed by atoms with Crippen LogP contribution in [0, 0.1) is 11.8 Å². The molecule has 0 aliphatic carbocycles. The van der Waals surface area contributed by atoms with Crippen LogP contribution in [-0.2, 0) is 27.4 Å². The zero-order valence-electron chi connectivity index (χ0n) is 30.1. The Hall–Kier alpha value is -4.12. The summed E-state index contributed by atoms with van der Waals surface area (Å²) in [6.45, 7) is 10.0. The number of guanidine groups is 1. The van der Waals surface area contributed by atoms with E-state index >= 15 is 0 Å². The lowest BCUT2D eigenvalue weighted by molar-refractivity contribution is -0.131. The number of aliphatic imine (C=N–C) groups is 1. The second-order valence-electron chi connectivity index (χ2n) is 13.5. The topological polar surface area (TPSA) is 173 Å². The number of nitrogens with two attached hydrogens (primary N) is 2. The van der Waals surface area contributed by atoms with Crippen molar-refractivity contribution >= 4 is 23.9 Å². The SMILES string of the molecule is CC(C)C[C@H](NC(=O)[C@H](CCCN=C(N)N)NC(=O)OCc1ccccc1)C(=O)N[C@H](CNCCCCCCCc1ccccc1)C(C)C. The van der Waals surface area contributed by atoms with Crippen molar-refractivity contribution in [3.63, 3.8) is 0 Å². The molecule has 0 aliphatic heterocycles. The largest absolute Gasteiger partial charge is 0.445 e. The van der Waals surface area contributed by atoms with Gasteiger partial charge in [0.1, 0.15) is 18.7 Å². The second-order valence-corrected chi connectivity index (χ2v) is 13.5. The van der Waals surface area contributed by atoms with Crippen LogP contribution in [0.15, 0.2) is 65.7 Å². The van der Waals surface area contributed by atoms with Crippen molar-refractivity contribution < 1.29 is 19.1 Å². The number of nitrogens with zero attached hydrogens (tertiary/aromatic N) is 1. The minimum atomic E-state index is -0.944. The molecular weight excluding hydrogens is 618 g/mol. The summed E-state index contributed by atoms with van der Waals surface area (Å²) >= 11 is 0. The molecule has 0 heterocycles. The Morgan fingerprint density at radius 3 is 1.98 bits per heavy atom. The first-order valence-electron chi connectivity index (χ1n) is 17.9. The highest BCUT2D eigenvalue weighted by atomic mass is 16.5. The fourth-order valence-electron chi connectivity index (χ4n) is 5.40. The number of rotatable bonds is 24. The number of ether oxygens (including phenoxy) is 1. The molecule has 0 fully saturated rings. The molecule has 0 aromatic heterocycles. The van der Waals surface area contributed by atoms with Crippen LogP contribution in [0.25, 0.3) is 0 Å². The van der Waals surface area contributed by atoms with Crippen LogP contribution in [0.3, 0.4) is 0 Å². The van der Waals surface area contributed by atoms with Gasteiger partial charge in [0.25, 0.3) is 0 Å². The van der Waals surface area contributed by atoms with Crippen molar-refractivity contribution in [2.45, 2.75) is 110 Å². The molecule has 0 spiro atoms. The van der Waals surface area contributed by atoms with Gasteiger partial charge in [-0.25, -0.2) is 4.79 Å². The highest BCUT2D eigenvalue weighted by molar-refractivity contribution is 5.91. The quantitative estimate of drug-likeness (QED) is 0.0526. The van der Waals surface area contributed by atoms with Crippen LogP contribution < -0.4 is 32.7 Å². The maximum Gasteiger partial charge on any atom is 0.408 e. The number of unbranched alkanes of at least 4 members (excludes halogenated alkanes) is 4. The van der Waals surface area contributed by atoms with Gasteiger partial charge in [-0.05, 0) is 68.0 Å². The second kappa shape index (κ2) is 24.1. The number of benzene rings is 2. The number of carbonyl (C=O) groups is 3. The summed E-state index contributed by atoms with van der Waals surface area (Å²) in [5.41, 5.74) is 13.1. The molecule has 0 saturated heterocycles. The summed E-state index contributed by atoms with van der Waals surface area (Å²) in [7, 11) is 0. The predicted molar refractivity (Wildman–Crippen MR) is 198 cm³/mol. The van der Waals surface area contributed by atoms with Gasteiger partial charge in [0.15, 0.2) is 5.96 Å². The summed E-state index contributed by atoms with van der Waals surface area (Å²) in [6.07, 6.45) is 7.44. The Labute approximate surface area is 293 Å². The van der Waals surface area contributed by atoms with Crippen LogP contribution >= 0.6 is 0 Å². The minimum absolute atomic E-state index is 0.0476. The van der Waals surface area contributed by atoms with Crippen LogP contribution in [-0.4, -0.2) is 61.6 Å². The van der Waals surface area contributed by atoms with Crippen molar-refractivity contribution in [1.82, 2.24) is 21.3 Å². The third kappa shape index (κ3) is 18.9. The number of alkyl carbamates (subject to hydrolysis) is 1. The van der Waals surface area contributed by atoms with Gasteiger partial charge < -0.3 is 37.5 Å². The lowest BCUT2D eigenvalue weighted by atomic mass is 9.99. The molecule has 0 aliphatic rings. The maximum absolute atomic E-state index is 13.6. The highest BCUT2D eigenvalue weighted by Gasteiger charge is 2.29. The molecule has 2 aromatic rings. The molecule has 2 aromatic carbocycles. The summed E-state index contributed by atoms with van der Waals surface area (Å²) < 4.78 is 5.36. The van der Waals surface area contributed by atoms with Crippen molar-refractivity contribution in [1.29, 1.82) is 0 Å². The zero-order chi connectivity index (χ0) is 35.9. The Balaban J connectivity index is 1.88. The molecule has 0 bridgehead atoms. The molecule has 49 heavy (non-hydrogen) atoms. The van der Waals surface area contributed by atoms with E-state index in [1.165, 1.54) is 31.2 Å². The van der Waals surface area contributed by atoms with Gasteiger partial charge in [-0.15, -0.1) is 0 Å². The molecule has 0 saturated carbocycles. The molecule has 11 heteroatoms. The van der Waals surface area contributed by atoms with E-state index in [0.717, 1.165) is 24.9 Å². The van der Waals surface area contributed by atoms with Crippen LogP contribution in [0.1, 0.15) is 90.2 Å². The number of aryl methyl sites for hydroxylation is 1. The number of amides is 3. The first-order chi connectivity index (χ1) is 23.5. The Morgan fingerprint density at radius 2 is 1.35 bits per heavy atom. The van der Waals surface area contributed by atoms with E-state index in [1.54, 1.807) is 0 Å². The maximum atomic E-state index is 13.6. The molecule has 8 N–H and O–H groups in total. The van der Waals surface area contributed by atoms with E-state index < -0.39 is 24.1 Å². The summed E-state index contributed by atoms with van der Waals surface area (Å²) in [5, 5.41) is 12.3. The number of hydrogen-bond acceptors (Lipinski definition) is 6. The van der Waals surface area contributed by atoms with E-state index in [2.05, 4.69) is 70.4 Å². The van der Waals surface area contributed by atoms with Crippen LogP contribution in [0.4, 0.5) is 4.79 Å². The van der Waals surface area contributed by atoms with E-state index in [1.807, 2.05) is 44.2 Å². The first kappa shape index (κ1) is 41.1. The number of hydrogen-bond donors (Lipinski definition) is 6.